The highest BCUT2D eigenvalue weighted by molar-refractivity contribution is 6.60. The van der Waals surface area contributed by atoms with Crippen molar-refractivity contribution in [1.29, 1.82) is 0 Å². The first-order valence-corrected chi connectivity index (χ1v) is 6.90. The number of amides is 1. The Morgan fingerprint density at radius 3 is 2.29 bits per heavy atom. The monoisotopic (exact) mass is 293 g/mol. The van der Waals surface area contributed by atoms with E-state index in [4.69, 9.17) is 4.65 Å². The molecule has 0 saturated heterocycles. The molecule has 0 spiro atoms. The van der Waals surface area contributed by atoms with Gasteiger partial charge in [0.25, 0.3) is 5.91 Å². The molecule has 1 aromatic carbocycles. The lowest BCUT2D eigenvalue weighted by Gasteiger charge is -2.38. The van der Waals surface area contributed by atoms with Gasteiger partial charge >= 0.3 is 7.12 Å². The summed E-state index contributed by atoms with van der Waals surface area (Å²) in [6, 6.07) is 4.98. The summed E-state index contributed by atoms with van der Waals surface area (Å²) >= 11 is 0. The van der Waals surface area contributed by atoms with Gasteiger partial charge in [-0.15, -0.1) is 0 Å². The zero-order chi connectivity index (χ0) is 16.4. The van der Waals surface area contributed by atoms with Gasteiger partial charge in [0.15, 0.2) is 0 Å². The van der Waals surface area contributed by atoms with Crippen LogP contribution in [0.3, 0.4) is 0 Å². The Kier molecular flexibility index (Phi) is 5.20. The largest absolute Gasteiger partial charge is 0.491 e. The van der Waals surface area contributed by atoms with E-state index in [9.17, 15) is 14.9 Å². The van der Waals surface area contributed by atoms with Gasteiger partial charge < -0.3 is 20.1 Å². The maximum Gasteiger partial charge on any atom is 0.491 e. The molecule has 21 heavy (non-hydrogen) atoms. The summed E-state index contributed by atoms with van der Waals surface area (Å²) in [6.45, 7) is 8.48. The van der Waals surface area contributed by atoms with E-state index in [1.807, 2.05) is 0 Å². The molecule has 0 bridgehead atoms. The summed E-state index contributed by atoms with van der Waals surface area (Å²) in [5.74, 6) is -0.183. The smallest absolute Gasteiger partial charge is 0.423 e. The van der Waals surface area contributed by atoms with Crippen molar-refractivity contribution in [2.24, 2.45) is 0 Å². The van der Waals surface area contributed by atoms with E-state index in [0.717, 1.165) is 5.56 Å². The Morgan fingerprint density at radius 1 is 1.29 bits per heavy atom. The third-order valence-corrected chi connectivity index (χ3v) is 3.90. The molecule has 0 saturated carbocycles. The van der Waals surface area contributed by atoms with Crippen LogP contribution in [0.4, 0.5) is 0 Å². The van der Waals surface area contributed by atoms with Crippen LogP contribution in [0.15, 0.2) is 18.2 Å². The number of carbonyl (C=O) groups excluding carboxylic acids is 1. The highest BCUT2D eigenvalue weighted by Gasteiger charge is 2.39. The van der Waals surface area contributed by atoms with Crippen LogP contribution in [-0.2, 0) is 4.65 Å². The molecule has 0 atom stereocenters. The third kappa shape index (κ3) is 4.06. The Labute approximate surface area is 126 Å². The Bertz CT molecular complexity index is 523. The van der Waals surface area contributed by atoms with E-state index in [1.54, 1.807) is 59.9 Å². The van der Waals surface area contributed by atoms with E-state index in [2.05, 4.69) is 5.32 Å². The molecule has 3 N–H and O–H groups in total. The molecule has 0 aliphatic carbocycles. The molecule has 0 fully saturated rings. The van der Waals surface area contributed by atoms with Crippen molar-refractivity contribution in [3.8, 4) is 0 Å². The van der Waals surface area contributed by atoms with Crippen LogP contribution in [0.5, 0.6) is 0 Å². The van der Waals surface area contributed by atoms with Crippen molar-refractivity contribution in [2.45, 2.75) is 45.8 Å². The second-order valence-electron chi connectivity index (χ2n) is 6.19. The van der Waals surface area contributed by atoms with Gasteiger partial charge in [0.05, 0.1) is 11.2 Å². The minimum atomic E-state index is -1.18. The maximum atomic E-state index is 11.6. The molecule has 0 aliphatic rings. The van der Waals surface area contributed by atoms with E-state index in [1.165, 1.54) is 0 Å². The lowest BCUT2D eigenvalue weighted by molar-refractivity contribution is -0.0982. The molecule has 0 aromatic heterocycles. The van der Waals surface area contributed by atoms with Gasteiger partial charge in [-0.1, -0.05) is 11.6 Å². The van der Waals surface area contributed by atoms with E-state index < -0.39 is 18.3 Å². The van der Waals surface area contributed by atoms with Gasteiger partial charge in [-0.3, -0.25) is 4.79 Å². The average Bonchev–Trinajstić information content (AvgIpc) is 2.35. The molecule has 1 rings (SSSR count). The summed E-state index contributed by atoms with van der Waals surface area (Å²) in [4.78, 5) is 11.6. The van der Waals surface area contributed by atoms with Crippen LogP contribution < -0.4 is 10.8 Å². The van der Waals surface area contributed by atoms with Crippen molar-refractivity contribution in [3.05, 3.63) is 29.3 Å². The molecular weight excluding hydrogens is 269 g/mol. The fraction of sp³-hybridized carbons (Fsp3) is 0.533. The first kappa shape index (κ1) is 17.7. The van der Waals surface area contributed by atoms with E-state index in [-0.39, 0.29) is 5.91 Å². The average molecular weight is 293 g/mol. The zero-order valence-electron chi connectivity index (χ0n) is 13.5. The summed E-state index contributed by atoms with van der Waals surface area (Å²) in [7, 11) is 0.389. The number of rotatable bonds is 5. The van der Waals surface area contributed by atoms with Crippen LogP contribution >= 0.6 is 0 Å². The lowest BCUT2D eigenvalue weighted by Crippen LogP contribution is -2.53. The van der Waals surface area contributed by atoms with Crippen LogP contribution in [0.25, 0.3) is 0 Å². The Hall–Kier alpha value is -1.37. The second-order valence-corrected chi connectivity index (χ2v) is 6.19. The molecule has 0 aliphatic heterocycles. The minimum Gasteiger partial charge on any atom is -0.423 e. The number of aliphatic hydroxyl groups is 1. The highest BCUT2D eigenvalue weighted by atomic mass is 16.5. The molecule has 0 unspecified atom stereocenters. The van der Waals surface area contributed by atoms with Gasteiger partial charge in [0.2, 0.25) is 0 Å². The fourth-order valence-corrected chi connectivity index (χ4v) is 1.73. The number of benzene rings is 1. The van der Waals surface area contributed by atoms with Crippen LogP contribution in [0, 0.1) is 6.92 Å². The molecule has 116 valence electrons. The summed E-state index contributed by atoms with van der Waals surface area (Å²) in [5, 5.41) is 22.9. The van der Waals surface area contributed by atoms with Gasteiger partial charge in [-0.2, -0.15) is 0 Å². The van der Waals surface area contributed by atoms with E-state index >= 15 is 0 Å². The predicted molar refractivity (Wildman–Crippen MR) is 83.6 cm³/mol. The Balaban J connectivity index is 2.99. The molecule has 6 heteroatoms. The normalized spacial score (nSPS) is 12.2. The molecule has 1 aromatic rings. The van der Waals surface area contributed by atoms with Crippen LogP contribution in [-0.4, -0.2) is 41.4 Å². The molecule has 5 nitrogen and oxygen atoms in total. The maximum absolute atomic E-state index is 11.6. The van der Waals surface area contributed by atoms with Crippen molar-refractivity contribution < 1.29 is 19.6 Å². The fourth-order valence-electron chi connectivity index (χ4n) is 1.73. The van der Waals surface area contributed by atoms with Gasteiger partial charge in [0.1, 0.15) is 0 Å². The summed E-state index contributed by atoms with van der Waals surface area (Å²) < 4.78 is 5.60. The summed E-state index contributed by atoms with van der Waals surface area (Å²) in [5.41, 5.74) is -0.203. The van der Waals surface area contributed by atoms with Crippen molar-refractivity contribution in [2.75, 3.05) is 7.05 Å². The van der Waals surface area contributed by atoms with Crippen LogP contribution in [0.1, 0.15) is 43.6 Å². The van der Waals surface area contributed by atoms with Crippen LogP contribution in [0.2, 0.25) is 0 Å². The first-order valence-electron chi connectivity index (χ1n) is 6.90. The number of hydrogen-bond donors (Lipinski definition) is 3. The van der Waals surface area contributed by atoms with Crippen molar-refractivity contribution in [1.82, 2.24) is 5.32 Å². The zero-order valence-corrected chi connectivity index (χ0v) is 13.5. The van der Waals surface area contributed by atoms with Crippen molar-refractivity contribution in [3.63, 3.8) is 0 Å². The minimum absolute atomic E-state index is 0.183. The lowest BCUT2D eigenvalue weighted by atomic mass is 9.74. The van der Waals surface area contributed by atoms with Crippen molar-refractivity contribution >= 4 is 18.5 Å². The standard InChI is InChI=1S/C15H24BNO4/c1-10-9-11(13(18)17-6)7-8-12(10)16(20)21-15(4,5)14(2,3)19/h7-9,19-20H,1-6H3,(H,17,18). The van der Waals surface area contributed by atoms with Gasteiger partial charge in [-0.25, -0.2) is 0 Å². The highest BCUT2D eigenvalue weighted by Crippen LogP contribution is 2.25. The topological polar surface area (TPSA) is 78.8 Å². The number of hydrogen-bond acceptors (Lipinski definition) is 4. The number of nitrogens with one attached hydrogen (secondary N) is 1. The molecule has 0 radical (unpaired) electrons. The molecule has 1 amide bonds. The third-order valence-electron chi connectivity index (χ3n) is 3.90. The summed E-state index contributed by atoms with van der Waals surface area (Å²) in [6.07, 6.45) is 0. The van der Waals surface area contributed by atoms with Gasteiger partial charge in [0, 0.05) is 12.6 Å². The number of carbonyl (C=O) groups is 1. The quantitative estimate of drug-likeness (QED) is 0.695. The predicted octanol–water partition coefficient (Wildman–Crippen LogP) is 0.608. The molecule has 0 heterocycles. The van der Waals surface area contributed by atoms with Gasteiger partial charge in [-0.05, 0) is 52.2 Å². The number of aryl methyl sites for hydroxylation is 1. The van der Waals surface area contributed by atoms with E-state index in [0.29, 0.717) is 11.0 Å². The second kappa shape index (κ2) is 6.18. The SMILES string of the molecule is CNC(=O)c1ccc(B(O)OC(C)(C)C(C)(C)O)c(C)c1. The first-order chi connectivity index (χ1) is 9.49. The Morgan fingerprint density at radius 2 is 1.86 bits per heavy atom. The molecular formula is C15H24BNO4.